The lowest BCUT2D eigenvalue weighted by molar-refractivity contribution is 0.135. The standard InChI is InChI=1S/C15H18FN3O3S/c1-22-11-12-8-18-7-6-17-15(18)10-19(9-12)23(20,21)14-4-2-13(16)3-5-14/h2-7,12H,8-11H2,1H3/t12-/m1/s1. The summed E-state index contributed by atoms with van der Waals surface area (Å²) in [6.45, 7) is 1.62. The first-order valence-corrected chi connectivity index (χ1v) is 8.69. The third kappa shape index (κ3) is 3.29. The molecule has 0 N–H and O–H groups in total. The fraction of sp³-hybridized carbons (Fsp3) is 0.400. The van der Waals surface area contributed by atoms with Crippen LogP contribution in [0.2, 0.25) is 0 Å². The lowest BCUT2D eigenvalue weighted by Gasteiger charge is -2.23. The highest BCUT2D eigenvalue weighted by molar-refractivity contribution is 7.89. The molecule has 0 radical (unpaired) electrons. The van der Waals surface area contributed by atoms with Crippen LogP contribution < -0.4 is 0 Å². The van der Waals surface area contributed by atoms with Crippen molar-refractivity contribution in [3.63, 3.8) is 0 Å². The van der Waals surface area contributed by atoms with E-state index in [-0.39, 0.29) is 17.4 Å². The molecule has 0 aliphatic carbocycles. The Hall–Kier alpha value is -1.77. The van der Waals surface area contributed by atoms with Gasteiger partial charge in [0.25, 0.3) is 0 Å². The molecule has 0 spiro atoms. The molecule has 0 amide bonds. The van der Waals surface area contributed by atoms with Crippen LogP contribution in [0.5, 0.6) is 0 Å². The van der Waals surface area contributed by atoms with Gasteiger partial charge in [0.1, 0.15) is 11.6 Å². The Morgan fingerprint density at radius 1 is 1.30 bits per heavy atom. The monoisotopic (exact) mass is 339 g/mol. The van der Waals surface area contributed by atoms with Crippen molar-refractivity contribution in [1.29, 1.82) is 0 Å². The molecule has 1 aromatic heterocycles. The Morgan fingerprint density at radius 2 is 2.04 bits per heavy atom. The molecule has 0 unspecified atom stereocenters. The minimum atomic E-state index is -3.72. The number of ether oxygens (including phenoxy) is 1. The Kier molecular flexibility index (Phi) is 4.47. The van der Waals surface area contributed by atoms with Crippen LogP contribution in [0.3, 0.4) is 0 Å². The molecule has 0 bridgehead atoms. The molecule has 8 heteroatoms. The molecule has 0 fully saturated rings. The summed E-state index contributed by atoms with van der Waals surface area (Å²) in [5.41, 5.74) is 0. The Bertz CT molecular complexity index is 774. The van der Waals surface area contributed by atoms with E-state index in [1.165, 1.54) is 16.4 Å². The molecule has 6 nitrogen and oxygen atoms in total. The van der Waals surface area contributed by atoms with Crippen LogP contribution in [0.25, 0.3) is 0 Å². The van der Waals surface area contributed by atoms with Crippen molar-refractivity contribution in [2.45, 2.75) is 18.0 Å². The van der Waals surface area contributed by atoms with E-state index in [1.807, 2.05) is 10.8 Å². The molecule has 1 atom stereocenters. The number of methoxy groups -OCH3 is 1. The van der Waals surface area contributed by atoms with E-state index in [9.17, 15) is 12.8 Å². The van der Waals surface area contributed by atoms with Gasteiger partial charge in [0.15, 0.2) is 0 Å². The summed E-state index contributed by atoms with van der Waals surface area (Å²) < 4.78 is 47.3. The molecular formula is C15H18FN3O3S. The van der Waals surface area contributed by atoms with Crippen LogP contribution in [-0.4, -0.2) is 42.5 Å². The third-order valence-electron chi connectivity index (χ3n) is 3.89. The quantitative estimate of drug-likeness (QED) is 0.847. The molecule has 1 aromatic carbocycles. The van der Waals surface area contributed by atoms with Gasteiger partial charge < -0.3 is 9.30 Å². The van der Waals surface area contributed by atoms with Crippen LogP contribution in [0.4, 0.5) is 4.39 Å². The van der Waals surface area contributed by atoms with E-state index in [0.29, 0.717) is 25.5 Å². The Balaban J connectivity index is 1.95. The second kappa shape index (κ2) is 6.38. The number of halogens is 1. The molecule has 3 rings (SSSR count). The van der Waals surface area contributed by atoms with Gasteiger partial charge in [-0.1, -0.05) is 0 Å². The Labute approximate surface area is 134 Å². The van der Waals surface area contributed by atoms with Crippen molar-refractivity contribution in [3.05, 3.63) is 48.3 Å². The van der Waals surface area contributed by atoms with Gasteiger partial charge in [-0.25, -0.2) is 17.8 Å². The molecular weight excluding hydrogens is 321 g/mol. The van der Waals surface area contributed by atoms with Crippen molar-refractivity contribution in [2.24, 2.45) is 5.92 Å². The summed E-state index contributed by atoms with van der Waals surface area (Å²) in [5.74, 6) is 0.243. The number of hydrogen-bond donors (Lipinski definition) is 0. The zero-order chi connectivity index (χ0) is 16.4. The number of aromatic nitrogens is 2. The summed E-state index contributed by atoms with van der Waals surface area (Å²) in [4.78, 5) is 4.32. The minimum Gasteiger partial charge on any atom is -0.384 e. The van der Waals surface area contributed by atoms with Crippen molar-refractivity contribution < 1.29 is 17.5 Å². The summed E-state index contributed by atoms with van der Waals surface area (Å²) in [6, 6.07) is 4.87. The highest BCUT2D eigenvalue weighted by Gasteiger charge is 2.31. The number of nitrogens with zero attached hydrogens (tertiary/aromatic N) is 3. The van der Waals surface area contributed by atoms with Crippen LogP contribution >= 0.6 is 0 Å². The van der Waals surface area contributed by atoms with E-state index < -0.39 is 15.8 Å². The fourth-order valence-corrected chi connectivity index (χ4v) is 4.25. The highest BCUT2D eigenvalue weighted by Crippen LogP contribution is 2.23. The van der Waals surface area contributed by atoms with E-state index in [4.69, 9.17) is 4.74 Å². The summed E-state index contributed by atoms with van der Waals surface area (Å²) in [7, 11) is -2.12. The zero-order valence-electron chi connectivity index (χ0n) is 12.7. The third-order valence-corrected chi connectivity index (χ3v) is 5.72. The molecule has 0 saturated carbocycles. The van der Waals surface area contributed by atoms with E-state index in [0.717, 1.165) is 12.1 Å². The maximum Gasteiger partial charge on any atom is 0.243 e. The number of fused-ring (bicyclic) bond motifs is 1. The van der Waals surface area contributed by atoms with Crippen LogP contribution in [0.15, 0.2) is 41.6 Å². The van der Waals surface area contributed by atoms with E-state index in [1.54, 1.807) is 13.3 Å². The van der Waals surface area contributed by atoms with Gasteiger partial charge in [-0.05, 0) is 24.3 Å². The van der Waals surface area contributed by atoms with Crippen molar-refractivity contribution >= 4 is 10.0 Å². The van der Waals surface area contributed by atoms with Gasteiger partial charge in [0, 0.05) is 38.5 Å². The van der Waals surface area contributed by atoms with E-state index in [2.05, 4.69) is 4.98 Å². The number of sulfonamides is 1. The van der Waals surface area contributed by atoms with Crippen molar-refractivity contribution in [1.82, 2.24) is 13.9 Å². The molecule has 2 heterocycles. The maximum atomic E-state index is 13.1. The number of rotatable bonds is 4. The normalized spacial score (nSPS) is 19.3. The predicted octanol–water partition coefficient (Wildman–Crippen LogP) is 1.49. The average molecular weight is 339 g/mol. The first-order valence-electron chi connectivity index (χ1n) is 7.25. The lowest BCUT2D eigenvalue weighted by Crippen LogP contribution is -2.35. The average Bonchev–Trinajstić information content (AvgIpc) is 2.86. The molecule has 23 heavy (non-hydrogen) atoms. The van der Waals surface area contributed by atoms with Gasteiger partial charge >= 0.3 is 0 Å². The molecule has 0 saturated heterocycles. The minimum absolute atomic E-state index is 0.0191. The summed E-state index contributed by atoms with van der Waals surface area (Å²) >= 11 is 0. The number of hydrogen-bond acceptors (Lipinski definition) is 4. The van der Waals surface area contributed by atoms with Gasteiger partial charge in [-0.2, -0.15) is 4.31 Å². The molecule has 2 aromatic rings. The lowest BCUT2D eigenvalue weighted by atomic mass is 10.1. The van der Waals surface area contributed by atoms with Crippen LogP contribution in [-0.2, 0) is 27.8 Å². The van der Waals surface area contributed by atoms with E-state index >= 15 is 0 Å². The molecule has 1 aliphatic heterocycles. The van der Waals surface area contributed by atoms with Crippen molar-refractivity contribution in [3.8, 4) is 0 Å². The van der Waals surface area contributed by atoms with Crippen LogP contribution in [0, 0.1) is 11.7 Å². The molecule has 124 valence electrons. The largest absolute Gasteiger partial charge is 0.384 e. The van der Waals surface area contributed by atoms with Gasteiger partial charge in [0.2, 0.25) is 10.0 Å². The second-order valence-electron chi connectivity index (χ2n) is 5.57. The smallest absolute Gasteiger partial charge is 0.243 e. The van der Waals surface area contributed by atoms with Crippen molar-refractivity contribution in [2.75, 3.05) is 20.3 Å². The van der Waals surface area contributed by atoms with Gasteiger partial charge in [-0.15, -0.1) is 0 Å². The SMILES string of the molecule is COC[C@H]1CN(S(=O)(=O)c2ccc(F)cc2)Cc2nccn2C1. The zero-order valence-corrected chi connectivity index (χ0v) is 13.5. The molecule has 1 aliphatic rings. The summed E-state index contributed by atoms with van der Waals surface area (Å²) in [5, 5.41) is 0. The van der Waals surface area contributed by atoms with Gasteiger partial charge in [-0.3, -0.25) is 0 Å². The Morgan fingerprint density at radius 3 is 2.74 bits per heavy atom. The first kappa shape index (κ1) is 16.1. The fourth-order valence-electron chi connectivity index (χ4n) is 2.78. The topological polar surface area (TPSA) is 64.4 Å². The number of benzene rings is 1. The maximum absolute atomic E-state index is 13.1. The van der Waals surface area contributed by atoms with Crippen LogP contribution in [0.1, 0.15) is 5.82 Å². The summed E-state index contributed by atoms with van der Waals surface area (Å²) in [6.07, 6.45) is 3.50. The number of imidazole rings is 1. The van der Waals surface area contributed by atoms with Gasteiger partial charge in [0.05, 0.1) is 18.0 Å². The second-order valence-corrected chi connectivity index (χ2v) is 7.51. The first-order chi connectivity index (χ1) is 11.0. The predicted molar refractivity (Wildman–Crippen MR) is 81.6 cm³/mol. The highest BCUT2D eigenvalue weighted by atomic mass is 32.2.